The molecule has 0 aliphatic rings. The number of nitrogens with one attached hydrogen (secondary N) is 2. The zero-order valence-corrected chi connectivity index (χ0v) is 17.3. The Hall–Kier alpha value is -1.77. The van der Waals surface area contributed by atoms with Crippen LogP contribution in [0, 0.1) is 5.92 Å². The topological polar surface area (TPSA) is 85.2 Å². The molecule has 9 heteroatoms. The molecule has 0 unspecified atom stereocenters. The van der Waals surface area contributed by atoms with Crippen LogP contribution in [-0.2, 0) is 16.1 Å². The van der Waals surface area contributed by atoms with E-state index in [-0.39, 0.29) is 11.7 Å². The molecule has 2 rings (SSSR count). The number of amides is 3. The minimum atomic E-state index is -0.471. The number of fused-ring (bicyclic) bond motifs is 1. The van der Waals surface area contributed by atoms with Crippen molar-refractivity contribution in [1.29, 1.82) is 0 Å². The molecule has 3 amide bonds. The van der Waals surface area contributed by atoms with Gasteiger partial charge in [0.2, 0.25) is 5.91 Å². The first-order valence-corrected chi connectivity index (χ1v) is 10.1. The van der Waals surface area contributed by atoms with Gasteiger partial charge >= 0.3 is 6.03 Å². The van der Waals surface area contributed by atoms with Crippen molar-refractivity contribution in [3.8, 4) is 0 Å². The van der Waals surface area contributed by atoms with Crippen molar-refractivity contribution >= 4 is 46.3 Å². The molecule has 1 aromatic carbocycles. The number of imide groups is 1. The summed E-state index contributed by atoms with van der Waals surface area (Å²) in [6.07, 6.45) is 0.864. The summed E-state index contributed by atoms with van der Waals surface area (Å²) < 4.78 is 7.14. The van der Waals surface area contributed by atoms with Gasteiger partial charge in [-0.05, 0) is 30.5 Å². The van der Waals surface area contributed by atoms with E-state index in [4.69, 9.17) is 16.3 Å². The fourth-order valence-corrected chi connectivity index (χ4v) is 3.41. The Morgan fingerprint density at radius 2 is 2.15 bits per heavy atom. The van der Waals surface area contributed by atoms with Gasteiger partial charge in [-0.1, -0.05) is 37.2 Å². The summed E-state index contributed by atoms with van der Waals surface area (Å²) in [7, 11) is 1.63. The number of imidazole rings is 1. The maximum absolute atomic E-state index is 12.0. The molecule has 0 aliphatic heterocycles. The van der Waals surface area contributed by atoms with Crippen LogP contribution in [0.15, 0.2) is 23.4 Å². The van der Waals surface area contributed by atoms with Gasteiger partial charge in [0.1, 0.15) is 0 Å². The highest BCUT2D eigenvalue weighted by molar-refractivity contribution is 7.99. The summed E-state index contributed by atoms with van der Waals surface area (Å²) in [5, 5.41) is 6.30. The van der Waals surface area contributed by atoms with Crippen LogP contribution < -0.4 is 10.6 Å². The van der Waals surface area contributed by atoms with E-state index in [0.717, 1.165) is 17.5 Å². The number of carbonyl (C=O) groups excluding carboxylic acids is 2. The lowest BCUT2D eigenvalue weighted by atomic mass is 10.1. The van der Waals surface area contributed by atoms with Crippen molar-refractivity contribution in [2.24, 2.45) is 5.92 Å². The number of aromatic nitrogens is 2. The summed E-state index contributed by atoms with van der Waals surface area (Å²) in [5.74, 6) is 0.206. The van der Waals surface area contributed by atoms with Crippen molar-refractivity contribution in [2.45, 2.75) is 32.0 Å². The van der Waals surface area contributed by atoms with Gasteiger partial charge < -0.3 is 14.6 Å². The third-order valence-electron chi connectivity index (χ3n) is 3.79. The van der Waals surface area contributed by atoms with Crippen LogP contribution >= 0.6 is 23.4 Å². The summed E-state index contributed by atoms with van der Waals surface area (Å²) in [6, 6.07) is 5.01. The summed E-state index contributed by atoms with van der Waals surface area (Å²) in [5.41, 5.74) is 1.68. The molecule has 148 valence electrons. The first kappa shape index (κ1) is 21.5. The maximum Gasteiger partial charge on any atom is 0.321 e. The lowest BCUT2D eigenvalue weighted by Crippen LogP contribution is -2.40. The highest BCUT2D eigenvalue weighted by Gasteiger charge is 2.14. The van der Waals surface area contributed by atoms with Gasteiger partial charge in [0, 0.05) is 25.2 Å². The molecule has 0 aliphatic carbocycles. The molecule has 27 heavy (non-hydrogen) atoms. The number of hydrogen-bond donors (Lipinski definition) is 2. The number of halogens is 1. The molecular weight excluding hydrogens is 388 g/mol. The Bertz CT molecular complexity index is 794. The first-order chi connectivity index (χ1) is 12.9. The van der Waals surface area contributed by atoms with Crippen LogP contribution in [0.25, 0.3) is 11.0 Å². The predicted molar refractivity (Wildman–Crippen MR) is 108 cm³/mol. The summed E-state index contributed by atoms with van der Waals surface area (Å²) in [4.78, 5) is 28.3. The van der Waals surface area contributed by atoms with Crippen LogP contribution in [0.3, 0.4) is 0 Å². The second-order valence-corrected chi connectivity index (χ2v) is 7.83. The second kappa shape index (κ2) is 10.5. The van der Waals surface area contributed by atoms with Crippen LogP contribution in [0.4, 0.5) is 4.79 Å². The van der Waals surface area contributed by atoms with E-state index in [1.807, 2.05) is 10.6 Å². The zero-order chi connectivity index (χ0) is 19.8. The SMILES string of the molecule is COCCn1c(SCC(=O)NC(=O)NCCC(C)C)nc2cc(Cl)ccc21. The standard InChI is InChI=1S/C18H25ClN4O3S/c1-12(2)6-7-20-17(25)22-16(24)11-27-18-21-14-10-13(19)4-5-15(14)23(18)8-9-26-3/h4-5,10,12H,6-9,11H2,1-3H3,(H2,20,22,24,25). The predicted octanol–water partition coefficient (Wildman–Crippen LogP) is 3.30. The molecule has 2 aromatic rings. The first-order valence-electron chi connectivity index (χ1n) is 8.76. The molecule has 0 saturated carbocycles. The normalized spacial score (nSPS) is 11.1. The fraction of sp³-hybridized carbons (Fsp3) is 0.500. The van der Waals surface area contributed by atoms with Crippen LogP contribution in [-0.4, -0.2) is 47.5 Å². The third kappa shape index (κ3) is 6.71. The van der Waals surface area contributed by atoms with E-state index in [9.17, 15) is 9.59 Å². The average molecular weight is 413 g/mol. The maximum atomic E-state index is 12.0. The zero-order valence-electron chi connectivity index (χ0n) is 15.8. The smallest absolute Gasteiger partial charge is 0.321 e. The molecule has 0 radical (unpaired) electrons. The van der Waals surface area contributed by atoms with Crippen LogP contribution in [0.5, 0.6) is 0 Å². The minimum Gasteiger partial charge on any atom is -0.383 e. The Balaban J connectivity index is 1.96. The second-order valence-electron chi connectivity index (χ2n) is 6.45. The number of thioether (sulfide) groups is 1. The highest BCUT2D eigenvalue weighted by atomic mass is 35.5. The molecule has 0 fully saturated rings. The van der Waals surface area contributed by atoms with Crippen molar-refractivity contribution in [1.82, 2.24) is 20.2 Å². The van der Waals surface area contributed by atoms with Crippen molar-refractivity contribution in [2.75, 3.05) is 26.0 Å². The Labute approximate surface area is 168 Å². The Morgan fingerprint density at radius 3 is 2.85 bits per heavy atom. The molecule has 2 N–H and O–H groups in total. The van der Waals surface area contributed by atoms with Gasteiger partial charge in [0.05, 0.1) is 23.4 Å². The number of nitrogens with zero attached hydrogens (tertiary/aromatic N) is 2. The molecule has 0 bridgehead atoms. The molecule has 1 aromatic heterocycles. The highest BCUT2D eigenvalue weighted by Crippen LogP contribution is 2.26. The third-order valence-corrected chi connectivity index (χ3v) is 5.00. The number of benzene rings is 1. The molecule has 0 saturated heterocycles. The number of hydrogen-bond acceptors (Lipinski definition) is 5. The average Bonchev–Trinajstić information content (AvgIpc) is 2.94. The largest absolute Gasteiger partial charge is 0.383 e. The van der Waals surface area contributed by atoms with Crippen LogP contribution in [0.2, 0.25) is 5.02 Å². The van der Waals surface area contributed by atoms with Gasteiger partial charge in [0.25, 0.3) is 0 Å². The van der Waals surface area contributed by atoms with Gasteiger partial charge in [-0.25, -0.2) is 9.78 Å². The molecule has 0 spiro atoms. The molecular formula is C18H25ClN4O3S. The molecule has 7 nitrogen and oxygen atoms in total. The number of urea groups is 1. The minimum absolute atomic E-state index is 0.0850. The molecule has 1 heterocycles. The van der Waals surface area contributed by atoms with Gasteiger partial charge in [-0.2, -0.15) is 0 Å². The van der Waals surface area contributed by atoms with Crippen LogP contribution in [0.1, 0.15) is 20.3 Å². The number of ether oxygens (including phenoxy) is 1. The van der Waals surface area contributed by atoms with E-state index in [2.05, 4.69) is 29.5 Å². The number of methoxy groups -OCH3 is 1. The molecule has 0 atom stereocenters. The number of rotatable bonds is 9. The van der Waals surface area contributed by atoms with E-state index in [1.165, 1.54) is 11.8 Å². The Morgan fingerprint density at radius 1 is 1.37 bits per heavy atom. The van der Waals surface area contributed by atoms with E-state index >= 15 is 0 Å². The summed E-state index contributed by atoms with van der Waals surface area (Å²) >= 11 is 7.31. The van der Waals surface area contributed by atoms with Gasteiger partial charge in [-0.3, -0.25) is 10.1 Å². The van der Waals surface area contributed by atoms with Crippen molar-refractivity contribution in [3.63, 3.8) is 0 Å². The van der Waals surface area contributed by atoms with E-state index < -0.39 is 6.03 Å². The quantitative estimate of drug-likeness (QED) is 0.617. The van der Waals surface area contributed by atoms with Crippen molar-refractivity contribution < 1.29 is 14.3 Å². The summed E-state index contributed by atoms with van der Waals surface area (Å²) in [6.45, 7) is 5.81. The van der Waals surface area contributed by atoms with Gasteiger partial charge in [-0.15, -0.1) is 0 Å². The fourth-order valence-electron chi connectivity index (χ4n) is 2.40. The van der Waals surface area contributed by atoms with Gasteiger partial charge in [0.15, 0.2) is 5.16 Å². The lowest BCUT2D eigenvalue weighted by molar-refractivity contribution is -0.117. The van der Waals surface area contributed by atoms with E-state index in [0.29, 0.717) is 35.8 Å². The van der Waals surface area contributed by atoms with E-state index in [1.54, 1.807) is 19.2 Å². The van der Waals surface area contributed by atoms with Crippen molar-refractivity contribution in [3.05, 3.63) is 23.2 Å². The monoisotopic (exact) mass is 412 g/mol. The Kier molecular flexibility index (Phi) is 8.40. The number of carbonyl (C=O) groups is 2. The lowest BCUT2D eigenvalue weighted by Gasteiger charge is -2.09.